The highest BCUT2D eigenvalue weighted by Crippen LogP contribution is 2.31. The highest BCUT2D eigenvalue weighted by atomic mass is 79.9. The van der Waals surface area contributed by atoms with Crippen molar-refractivity contribution in [3.63, 3.8) is 0 Å². The molecule has 3 aromatic rings. The van der Waals surface area contributed by atoms with E-state index in [-0.39, 0.29) is 6.04 Å². The molecule has 21 heavy (non-hydrogen) atoms. The number of nitrogens with two attached hydrogens (primary N) is 1. The average Bonchev–Trinajstić information content (AvgIpc) is 2.79. The van der Waals surface area contributed by atoms with Crippen LogP contribution in [0.3, 0.4) is 0 Å². The zero-order valence-corrected chi connectivity index (χ0v) is 13.9. The summed E-state index contributed by atoms with van der Waals surface area (Å²) in [5.41, 5.74) is 9.38. The zero-order valence-electron chi connectivity index (χ0n) is 11.6. The van der Waals surface area contributed by atoms with Gasteiger partial charge in [0, 0.05) is 29.4 Å². The molecule has 0 bridgehead atoms. The Morgan fingerprint density at radius 2 is 2.00 bits per heavy atom. The number of hydrogen-bond acceptors (Lipinski definition) is 2. The lowest BCUT2D eigenvalue weighted by atomic mass is 10.0. The van der Waals surface area contributed by atoms with E-state index in [0.717, 1.165) is 26.6 Å². The minimum absolute atomic E-state index is 0.187. The highest BCUT2D eigenvalue weighted by Gasteiger charge is 2.16. The van der Waals surface area contributed by atoms with Crippen molar-refractivity contribution in [1.82, 2.24) is 9.78 Å². The predicted octanol–water partition coefficient (Wildman–Crippen LogP) is 4.23. The second-order valence-corrected chi connectivity index (χ2v) is 6.27. The lowest BCUT2D eigenvalue weighted by molar-refractivity contribution is 0.682. The van der Waals surface area contributed by atoms with Gasteiger partial charge in [0.1, 0.15) is 0 Å². The Morgan fingerprint density at radius 3 is 2.81 bits per heavy atom. The van der Waals surface area contributed by atoms with E-state index in [1.54, 1.807) is 0 Å². The van der Waals surface area contributed by atoms with Crippen LogP contribution in [0.2, 0.25) is 5.02 Å². The summed E-state index contributed by atoms with van der Waals surface area (Å²) < 4.78 is 2.75. The van der Waals surface area contributed by atoms with E-state index in [2.05, 4.69) is 33.2 Å². The number of hydrogen-bond donors (Lipinski definition) is 1. The normalized spacial score (nSPS) is 12.8. The fraction of sp³-hybridized carbons (Fsp3) is 0.188. The standard InChI is InChI=1S/C16H15BrClN3/c1-21-15-8-3-2-5-11(15)14(20-21)9-13(19)10-6-4-7-12(17)16(10)18/h2-8,13H,9,19H2,1H3. The Hall–Kier alpha value is -1.36. The molecule has 1 heterocycles. The number of halogens is 2. The molecule has 108 valence electrons. The Labute approximate surface area is 136 Å². The first-order chi connectivity index (χ1) is 10.1. The third-order valence-electron chi connectivity index (χ3n) is 3.63. The molecule has 0 saturated carbocycles. The van der Waals surface area contributed by atoms with Gasteiger partial charge < -0.3 is 5.73 Å². The van der Waals surface area contributed by atoms with Crippen molar-refractivity contribution in [2.24, 2.45) is 12.8 Å². The van der Waals surface area contributed by atoms with Crippen LogP contribution in [0.1, 0.15) is 17.3 Å². The summed E-state index contributed by atoms with van der Waals surface area (Å²) >= 11 is 9.76. The second kappa shape index (κ2) is 5.79. The molecule has 0 fully saturated rings. The van der Waals surface area contributed by atoms with E-state index in [9.17, 15) is 0 Å². The van der Waals surface area contributed by atoms with Crippen molar-refractivity contribution in [3.05, 3.63) is 63.2 Å². The quantitative estimate of drug-likeness (QED) is 0.755. The summed E-state index contributed by atoms with van der Waals surface area (Å²) in [7, 11) is 1.95. The lowest BCUT2D eigenvalue weighted by Gasteiger charge is -2.13. The molecular formula is C16H15BrClN3. The van der Waals surface area contributed by atoms with Crippen LogP contribution in [0.25, 0.3) is 10.9 Å². The third-order valence-corrected chi connectivity index (χ3v) is 4.94. The topological polar surface area (TPSA) is 43.8 Å². The summed E-state index contributed by atoms with van der Waals surface area (Å²) in [5.74, 6) is 0. The van der Waals surface area contributed by atoms with Crippen molar-refractivity contribution >= 4 is 38.4 Å². The Morgan fingerprint density at radius 1 is 1.24 bits per heavy atom. The van der Waals surface area contributed by atoms with Gasteiger partial charge in [0.05, 0.1) is 16.2 Å². The van der Waals surface area contributed by atoms with Crippen molar-refractivity contribution in [3.8, 4) is 0 Å². The number of benzene rings is 2. The monoisotopic (exact) mass is 363 g/mol. The van der Waals surface area contributed by atoms with E-state index in [0.29, 0.717) is 11.4 Å². The van der Waals surface area contributed by atoms with Crippen LogP contribution in [0, 0.1) is 0 Å². The van der Waals surface area contributed by atoms with Gasteiger partial charge >= 0.3 is 0 Å². The smallest absolute Gasteiger partial charge is 0.0722 e. The van der Waals surface area contributed by atoms with Gasteiger partial charge in [-0.05, 0) is 33.6 Å². The Kier molecular flexibility index (Phi) is 4.02. The van der Waals surface area contributed by atoms with Gasteiger partial charge in [0.2, 0.25) is 0 Å². The minimum Gasteiger partial charge on any atom is -0.324 e. The molecule has 0 radical (unpaired) electrons. The van der Waals surface area contributed by atoms with Gasteiger partial charge in [-0.2, -0.15) is 5.10 Å². The van der Waals surface area contributed by atoms with Crippen LogP contribution >= 0.6 is 27.5 Å². The van der Waals surface area contributed by atoms with Gasteiger partial charge in [-0.15, -0.1) is 0 Å². The minimum atomic E-state index is -0.187. The molecule has 3 nitrogen and oxygen atoms in total. The van der Waals surface area contributed by atoms with Crippen LogP contribution in [0.4, 0.5) is 0 Å². The molecular weight excluding hydrogens is 350 g/mol. The van der Waals surface area contributed by atoms with Crippen LogP contribution < -0.4 is 5.73 Å². The zero-order chi connectivity index (χ0) is 15.0. The number of rotatable bonds is 3. The molecule has 0 spiro atoms. The van der Waals surface area contributed by atoms with Crippen LogP contribution in [0.5, 0.6) is 0 Å². The van der Waals surface area contributed by atoms with E-state index >= 15 is 0 Å². The first kappa shape index (κ1) is 14.6. The summed E-state index contributed by atoms with van der Waals surface area (Å²) in [6, 6.07) is 13.8. The summed E-state index contributed by atoms with van der Waals surface area (Å²) in [4.78, 5) is 0. The molecule has 1 atom stereocenters. The summed E-state index contributed by atoms with van der Waals surface area (Å²) in [5, 5.41) is 6.40. The Bertz CT molecular complexity index is 797. The number of nitrogens with zero attached hydrogens (tertiary/aromatic N) is 2. The SMILES string of the molecule is Cn1nc(CC(N)c2cccc(Br)c2Cl)c2ccccc21. The Balaban J connectivity index is 1.97. The number of aromatic nitrogens is 2. The number of aryl methyl sites for hydroxylation is 1. The summed E-state index contributed by atoms with van der Waals surface area (Å²) in [6.45, 7) is 0. The fourth-order valence-electron chi connectivity index (χ4n) is 2.56. The average molecular weight is 365 g/mol. The van der Waals surface area contributed by atoms with Crippen LogP contribution in [-0.4, -0.2) is 9.78 Å². The second-order valence-electron chi connectivity index (χ2n) is 5.04. The van der Waals surface area contributed by atoms with E-state index in [4.69, 9.17) is 17.3 Å². The first-order valence-electron chi connectivity index (χ1n) is 6.68. The van der Waals surface area contributed by atoms with Gasteiger partial charge in [0.15, 0.2) is 0 Å². The third kappa shape index (κ3) is 2.71. The predicted molar refractivity (Wildman–Crippen MR) is 90.5 cm³/mol. The van der Waals surface area contributed by atoms with Crippen molar-refractivity contribution < 1.29 is 0 Å². The molecule has 1 aromatic heterocycles. The van der Waals surface area contributed by atoms with Gasteiger partial charge in [-0.1, -0.05) is 41.9 Å². The molecule has 0 amide bonds. The number of para-hydroxylation sites is 1. The van der Waals surface area contributed by atoms with Gasteiger partial charge in [-0.3, -0.25) is 4.68 Å². The van der Waals surface area contributed by atoms with Crippen LogP contribution in [0.15, 0.2) is 46.9 Å². The largest absolute Gasteiger partial charge is 0.324 e. The van der Waals surface area contributed by atoms with Gasteiger partial charge in [0.25, 0.3) is 0 Å². The molecule has 0 aliphatic carbocycles. The maximum atomic E-state index is 6.34. The molecule has 3 rings (SSSR count). The van der Waals surface area contributed by atoms with Crippen molar-refractivity contribution in [1.29, 1.82) is 0 Å². The van der Waals surface area contributed by atoms with Crippen LogP contribution in [-0.2, 0) is 13.5 Å². The van der Waals surface area contributed by atoms with E-state index in [1.165, 1.54) is 0 Å². The van der Waals surface area contributed by atoms with E-state index in [1.807, 2.05) is 42.1 Å². The highest BCUT2D eigenvalue weighted by molar-refractivity contribution is 9.10. The maximum absolute atomic E-state index is 6.34. The molecule has 1 unspecified atom stereocenters. The molecule has 2 N–H and O–H groups in total. The lowest BCUT2D eigenvalue weighted by Crippen LogP contribution is -2.14. The molecule has 0 saturated heterocycles. The van der Waals surface area contributed by atoms with E-state index < -0.39 is 0 Å². The maximum Gasteiger partial charge on any atom is 0.0722 e. The van der Waals surface area contributed by atoms with Crippen molar-refractivity contribution in [2.75, 3.05) is 0 Å². The fourth-order valence-corrected chi connectivity index (χ4v) is 3.21. The summed E-state index contributed by atoms with van der Waals surface area (Å²) in [6.07, 6.45) is 0.650. The molecule has 5 heteroatoms. The molecule has 0 aliphatic heterocycles. The molecule has 2 aromatic carbocycles. The van der Waals surface area contributed by atoms with Crippen molar-refractivity contribution in [2.45, 2.75) is 12.5 Å². The molecule has 0 aliphatic rings. The van der Waals surface area contributed by atoms with Gasteiger partial charge in [-0.25, -0.2) is 0 Å². The number of fused-ring (bicyclic) bond motifs is 1. The first-order valence-corrected chi connectivity index (χ1v) is 7.85.